The van der Waals surface area contributed by atoms with Crippen molar-refractivity contribution >= 4 is 23.2 Å². The first-order chi connectivity index (χ1) is 16.6. The molecule has 0 spiro atoms. The first-order valence-electron chi connectivity index (χ1n) is 11.4. The Kier molecular flexibility index (Phi) is 5.94. The lowest BCUT2D eigenvalue weighted by Gasteiger charge is -2.29. The van der Waals surface area contributed by atoms with Gasteiger partial charge in [-0.2, -0.15) is 0 Å². The molecule has 0 saturated carbocycles. The number of fused-ring (bicyclic) bond motifs is 1. The monoisotopic (exact) mass is 458 g/mol. The average molecular weight is 459 g/mol. The Morgan fingerprint density at radius 3 is 2.32 bits per heavy atom. The molecule has 34 heavy (non-hydrogen) atoms. The maximum Gasteiger partial charge on any atom is 0.266 e. The van der Waals surface area contributed by atoms with Gasteiger partial charge >= 0.3 is 0 Å². The van der Waals surface area contributed by atoms with Gasteiger partial charge in [-0.1, -0.05) is 37.3 Å². The third-order valence-corrected chi connectivity index (χ3v) is 6.13. The number of imide groups is 1. The summed E-state index contributed by atoms with van der Waals surface area (Å²) in [5.74, 6) is 0.0127. The molecule has 3 atom stereocenters. The summed E-state index contributed by atoms with van der Waals surface area (Å²) < 4.78 is 11.0. The maximum absolute atomic E-state index is 13.7. The Balaban J connectivity index is 1.51. The Morgan fingerprint density at radius 2 is 1.62 bits per heavy atom. The van der Waals surface area contributed by atoms with Crippen LogP contribution in [0.15, 0.2) is 78.9 Å². The van der Waals surface area contributed by atoms with E-state index in [1.807, 2.05) is 61.5 Å². The van der Waals surface area contributed by atoms with Crippen molar-refractivity contribution in [1.82, 2.24) is 0 Å². The normalized spacial score (nSPS) is 21.6. The van der Waals surface area contributed by atoms with Crippen LogP contribution in [0.25, 0.3) is 0 Å². The standard InChI is InChI=1S/C27H26N2O5/c1-3-16-33-21-14-12-19(13-15-21)28-26(30)23-24(18-8-7-11-22(17-18)32-2)29(34-25(23)27(28)31)20-9-5-4-6-10-20/h4-15,17,23-25H,3,16H2,1-2H3/t23-,24+,25+/m1/s1. The number of hydroxylamine groups is 1. The fourth-order valence-corrected chi connectivity index (χ4v) is 4.54. The Bertz CT molecular complexity index is 1180. The van der Waals surface area contributed by atoms with Crippen LogP contribution in [0.1, 0.15) is 24.9 Å². The van der Waals surface area contributed by atoms with Crippen LogP contribution in [-0.2, 0) is 14.4 Å². The van der Waals surface area contributed by atoms with Crippen LogP contribution < -0.4 is 19.4 Å². The molecule has 0 radical (unpaired) electrons. The molecule has 0 N–H and O–H groups in total. The zero-order chi connectivity index (χ0) is 23.7. The lowest BCUT2D eigenvalue weighted by atomic mass is 9.90. The van der Waals surface area contributed by atoms with Gasteiger partial charge in [0, 0.05) is 0 Å². The molecule has 2 amide bonds. The van der Waals surface area contributed by atoms with E-state index in [-0.39, 0.29) is 11.8 Å². The van der Waals surface area contributed by atoms with Gasteiger partial charge in [-0.25, -0.2) is 9.96 Å². The summed E-state index contributed by atoms with van der Waals surface area (Å²) in [6.45, 7) is 2.64. The molecule has 0 aliphatic carbocycles. The van der Waals surface area contributed by atoms with E-state index in [0.29, 0.717) is 23.8 Å². The van der Waals surface area contributed by atoms with E-state index >= 15 is 0 Å². The maximum atomic E-state index is 13.7. The largest absolute Gasteiger partial charge is 0.497 e. The second kappa shape index (κ2) is 9.19. The summed E-state index contributed by atoms with van der Waals surface area (Å²) in [4.78, 5) is 34.5. The fourth-order valence-electron chi connectivity index (χ4n) is 4.54. The summed E-state index contributed by atoms with van der Waals surface area (Å²) in [5, 5.41) is 1.68. The Labute approximate surface area is 198 Å². The molecule has 5 rings (SSSR count). The van der Waals surface area contributed by atoms with Crippen LogP contribution in [0.2, 0.25) is 0 Å². The van der Waals surface area contributed by atoms with Gasteiger partial charge in [-0.05, 0) is 60.5 Å². The van der Waals surface area contributed by atoms with Gasteiger partial charge in [-0.3, -0.25) is 14.4 Å². The highest BCUT2D eigenvalue weighted by molar-refractivity contribution is 6.23. The molecule has 0 bridgehead atoms. The summed E-state index contributed by atoms with van der Waals surface area (Å²) >= 11 is 0. The average Bonchev–Trinajstić information content (AvgIpc) is 3.39. The lowest BCUT2D eigenvalue weighted by molar-refractivity contribution is -0.126. The molecule has 2 aliphatic heterocycles. The zero-order valence-corrected chi connectivity index (χ0v) is 19.1. The highest BCUT2D eigenvalue weighted by atomic mass is 16.7. The quantitative estimate of drug-likeness (QED) is 0.485. The molecule has 2 saturated heterocycles. The Hall–Kier alpha value is -3.84. The second-order valence-electron chi connectivity index (χ2n) is 8.29. The number of ether oxygens (including phenoxy) is 2. The summed E-state index contributed by atoms with van der Waals surface area (Å²) in [5.41, 5.74) is 2.11. The van der Waals surface area contributed by atoms with E-state index in [2.05, 4.69) is 0 Å². The number of hydrogen-bond donors (Lipinski definition) is 0. The van der Waals surface area contributed by atoms with Crippen LogP contribution in [-0.4, -0.2) is 31.6 Å². The minimum atomic E-state index is -0.917. The van der Waals surface area contributed by atoms with Gasteiger partial charge in [0.2, 0.25) is 5.91 Å². The van der Waals surface area contributed by atoms with Gasteiger partial charge in [0.25, 0.3) is 5.91 Å². The highest BCUT2D eigenvalue weighted by Crippen LogP contribution is 2.48. The minimum absolute atomic E-state index is 0.288. The number of amides is 2. The van der Waals surface area contributed by atoms with Crippen molar-refractivity contribution in [2.24, 2.45) is 5.92 Å². The number of para-hydroxylation sites is 1. The minimum Gasteiger partial charge on any atom is -0.497 e. The third-order valence-electron chi connectivity index (χ3n) is 6.13. The molecule has 174 valence electrons. The molecule has 2 heterocycles. The number of anilines is 2. The van der Waals surface area contributed by atoms with Crippen molar-refractivity contribution in [2.45, 2.75) is 25.5 Å². The second-order valence-corrected chi connectivity index (χ2v) is 8.29. The predicted molar refractivity (Wildman–Crippen MR) is 128 cm³/mol. The molecular formula is C27H26N2O5. The number of hydrogen-bond acceptors (Lipinski definition) is 6. The van der Waals surface area contributed by atoms with E-state index in [1.54, 1.807) is 36.4 Å². The van der Waals surface area contributed by atoms with Crippen molar-refractivity contribution in [3.63, 3.8) is 0 Å². The first-order valence-corrected chi connectivity index (χ1v) is 11.4. The van der Waals surface area contributed by atoms with Crippen LogP contribution in [0.3, 0.4) is 0 Å². The van der Waals surface area contributed by atoms with Crippen molar-refractivity contribution in [3.05, 3.63) is 84.4 Å². The molecule has 3 aromatic carbocycles. The number of carbonyl (C=O) groups is 2. The number of benzene rings is 3. The van der Waals surface area contributed by atoms with E-state index in [4.69, 9.17) is 14.3 Å². The van der Waals surface area contributed by atoms with Gasteiger partial charge in [0.15, 0.2) is 6.10 Å². The lowest BCUT2D eigenvalue weighted by Crippen LogP contribution is -2.37. The summed E-state index contributed by atoms with van der Waals surface area (Å²) in [6.07, 6.45) is -0.0188. The van der Waals surface area contributed by atoms with Crippen LogP contribution >= 0.6 is 0 Å². The molecule has 2 fully saturated rings. The van der Waals surface area contributed by atoms with Crippen molar-refractivity contribution in [1.29, 1.82) is 0 Å². The Morgan fingerprint density at radius 1 is 0.853 bits per heavy atom. The number of methoxy groups -OCH3 is 1. The van der Waals surface area contributed by atoms with E-state index in [0.717, 1.165) is 17.7 Å². The zero-order valence-electron chi connectivity index (χ0n) is 19.1. The SMILES string of the molecule is CCCOc1ccc(N2C(=O)[C@H]3[C@H](ON(c4ccccc4)[C@H]3c3cccc(OC)c3)C2=O)cc1. The van der Waals surface area contributed by atoms with Crippen molar-refractivity contribution < 1.29 is 23.9 Å². The van der Waals surface area contributed by atoms with Crippen LogP contribution in [0, 0.1) is 5.92 Å². The van der Waals surface area contributed by atoms with Crippen LogP contribution in [0.5, 0.6) is 11.5 Å². The molecule has 7 nitrogen and oxygen atoms in total. The van der Waals surface area contributed by atoms with E-state index < -0.39 is 18.1 Å². The number of carbonyl (C=O) groups excluding carboxylic acids is 2. The van der Waals surface area contributed by atoms with Gasteiger partial charge in [0.1, 0.15) is 17.4 Å². The third kappa shape index (κ3) is 3.78. The summed E-state index contributed by atoms with van der Waals surface area (Å²) in [7, 11) is 1.60. The topological polar surface area (TPSA) is 68.3 Å². The summed E-state index contributed by atoms with van der Waals surface area (Å²) in [6, 6.07) is 23.6. The van der Waals surface area contributed by atoms with Gasteiger partial charge in [-0.15, -0.1) is 0 Å². The predicted octanol–water partition coefficient (Wildman–Crippen LogP) is 4.54. The van der Waals surface area contributed by atoms with Crippen molar-refractivity contribution in [3.8, 4) is 11.5 Å². The molecular weight excluding hydrogens is 432 g/mol. The van der Waals surface area contributed by atoms with E-state index in [9.17, 15) is 9.59 Å². The molecule has 3 aromatic rings. The molecule has 0 aromatic heterocycles. The highest BCUT2D eigenvalue weighted by Gasteiger charge is 2.60. The fraction of sp³-hybridized carbons (Fsp3) is 0.259. The number of rotatable bonds is 7. The van der Waals surface area contributed by atoms with Crippen LogP contribution in [0.4, 0.5) is 11.4 Å². The number of nitrogens with zero attached hydrogens (tertiary/aromatic N) is 2. The van der Waals surface area contributed by atoms with E-state index in [1.165, 1.54) is 4.90 Å². The molecule has 7 heteroatoms. The van der Waals surface area contributed by atoms with Gasteiger partial charge in [0.05, 0.1) is 31.1 Å². The van der Waals surface area contributed by atoms with Gasteiger partial charge < -0.3 is 9.47 Å². The van der Waals surface area contributed by atoms with Crippen molar-refractivity contribution in [2.75, 3.05) is 23.7 Å². The molecule has 2 aliphatic rings. The molecule has 0 unspecified atom stereocenters. The smallest absolute Gasteiger partial charge is 0.266 e. The first kappa shape index (κ1) is 22.0.